The van der Waals surface area contributed by atoms with Crippen molar-refractivity contribution in [1.82, 2.24) is 9.97 Å². The Bertz CT molecular complexity index is 420. The van der Waals surface area contributed by atoms with Crippen LogP contribution in [0.5, 0.6) is 0 Å². The minimum Gasteiger partial charge on any atom is -0.512 e. The SMILES string of the molecule is C/C(O)=C/c1nc2ccccc2[nH]1. The van der Waals surface area contributed by atoms with E-state index in [9.17, 15) is 0 Å². The predicted molar refractivity (Wildman–Crippen MR) is 52.4 cm³/mol. The van der Waals surface area contributed by atoms with Gasteiger partial charge in [-0.25, -0.2) is 4.98 Å². The number of hydrogen-bond donors (Lipinski definition) is 2. The van der Waals surface area contributed by atoms with Crippen LogP contribution < -0.4 is 0 Å². The van der Waals surface area contributed by atoms with E-state index in [-0.39, 0.29) is 5.76 Å². The van der Waals surface area contributed by atoms with E-state index in [1.807, 2.05) is 24.3 Å². The summed E-state index contributed by atoms with van der Waals surface area (Å²) in [5.41, 5.74) is 1.89. The van der Waals surface area contributed by atoms with Crippen LogP contribution in [0, 0.1) is 0 Å². The third kappa shape index (κ3) is 1.54. The standard InChI is InChI=1S/C10H10N2O/c1-7(13)6-10-11-8-4-2-3-5-9(8)12-10/h2-6,13H,1H3,(H,11,12)/b7-6-. The number of para-hydroxylation sites is 2. The van der Waals surface area contributed by atoms with Crippen LogP contribution >= 0.6 is 0 Å². The number of aromatic amines is 1. The number of fused-ring (bicyclic) bond motifs is 1. The van der Waals surface area contributed by atoms with Gasteiger partial charge in [-0.3, -0.25) is 0 Å². The second-order valence-electron chi connectivity index (χ2n) is 2.92. The van der Waals surface area contributed by atoms with E-state index in [2.05, 4.69) is 9.97 Å². The molecule has 0 bridgehead atoms. The van der Waals surface area contributed by atoms with E-state index >= 15 is 0 Å². The minimum absolute atomic E-state index is 0.249. The Hall–Kier alpha value is -1.77. The van der Waals surface area contributed by atoms with Crippen molar-refractivity contribution in [3.05, 3.63) is 35.8 Å². The summed E-state index contributed by atoms with van der Waals surface area (Å²) in [5.74, 6) is 0.931. The molecule has 0 aliphatic carbocycles. The fourth-order valence-corrected chi connectivity index (χ4v) is 1.24. The molecule has 0 amide bonds. The first kappa shape index (κ1) is 7.86. The molecule has 2 N–H and O–H groups in total. The highest BCUT2D eigenvalue weighted by molar-refractivity contribution is 5.76. The Kier molecular flexibility index (Phi) is 1.77. The summed E-state index contributed by atoms with van der Waals surface area (Å²) < 4.78 is 0. The number of aliphatic hydroxyl groups is 1. The zero-order valence-electron chi connectivity index (χ0n) is 7.28. The summed E-state index contributed by atoms with van der Waals surface area (Å²) in [6.45, 7) is 1.62. The molecule has 0 aliphatic rings. The molecule has 1 aromatic carbocycles. The monoisotopic (exact) mass is 174 g/mol. The van der Waals surface area contributed by atoms with E-state index < -0.39 is 0 Å². The molecular weight excluding hydrogens is 164 g/mol. The van der Waals surface area contributed by atoms with Gasteiger partial charge in [-0.1, -0.05) is 12.1 Å². The van der Waals surface area contributed by atoms with Crippen LogP contribution in [0.15, 0.2) is 30.0 Å². The molecule has 0 atom stereocenters. The van der Waals surface area contributed by atoms with Crippen LogP contribution in [0.25, 0.3) is 17.1 Å². The number of aromatic nitrogens is 2. The van der Waals surface area contributed by atoms with Gasteiger partial charge >= 0.3 is 0 Å². The van der Waals surface area contributed by atoms with E-state index in [4.69, 9.17) is 5.11 Å². The molecule has 0 unspecified atom stereocenters. The zero-order chi connectivity index (χ0) is 9.26. The van der Waals surface area contributed by atoms with E-state index in [1.54, 1.807) is 13.0 Å². The van der Waals surface area contributed by atoms with Gasteiger partial charge in [-0.15, -0.1) is 0 Å². The molecule has 1 heterocycles. The van der Waals surface area contributed by atoms with Gasteiger partial charge in [-0.2, -0.15) is 0 Å². The Morgan fingerprint density at radius 2 is 2.23 bits per heavy atom. The number of nitrogens with one attached hydrogen (secondary N) is 1. The zero-order valence-corrected chi connectivity index (χ0v) is 7.28. The predicted octanol–water partition coefficient (Wildman–Crippen LogP) is 2.48. The summed E-state index contributed by atoms with van der Waals surface area (Å²) in [7, 11) is 0. The molecular formula is C10H10N2O. The molecule has 0 saturated carbocycles. The first-order valence-electron chi connectivity index (χ1n) is 4.08. The van der Waals surface area contributed by atoms with Gasteiger partial charge in [-0.05, 0) is 19.1 Å². The molecule has 1 aromatic heterocycles. The van der Waals surface area contributed by atoms with Crippen molar-refractivity contribution in [1.29, 1.82) is 0 Å². The topological polar surface area (TPSA) is 48.9 Å². The maximum Gasteiger partial charge on any atom is 0.134 e. The normalized spacial score (nSPS) is 12.2. The summed E-state index contributed by atoms with van der Waals surface area (Å²) in [5, 5.41) is 9.03. The molecule has 13 heavy (non-hydrogen) atoms. The lowest BCUT2D eigenvalue weighted by molar-refractivity contribution is 0.419. The van der Waals surface area contributed by atoms with Crippen molar-refractivity contribution in [2.24, 2.45) is 0 Å². The van der Waals surface area contributed by atoms with E-state index in [0.29, 0.717) is 5.82 Å². The minimum atomic E-state index is 0.249. The van der Waals surface area contributed by atoms with Crippen molar-refractivity contribution in [2.45, 2.75) is 6.92 Å². The highest BCUT2D eigenvalue weighted by atomic mass is 16.3. The summed E-state index contributed by atoms with van der Waals surface area (Å²) in [6, 6.07) is 7.75. The van der Waals surface area contributed by atoms with Crippen molar-refractivity contribution in [2.75, 3.05) is 0 Å². The lowest BCUT2D eigenvalue weighted by Crippen LogP contribution is -1.76. The Morgan fingerprint density at radius 3 is 2.92 bits per heavy atom. The molecule has 0 radical (unpaired) electrons. The van der Waals surface area contributed by atoms with Gasteiger partial charge in [0.2, 0.25) is 0 Å². The van der Waals surface area contributed by atoms with Crippen molar-refractivity contribution in [3.63, 3.8) is 0 Å². The fraction of sp³-hybridized carbons (Fsp3) is 0.100. The van der Waals surface area contributed by atoms with Gasteiger partial charge in [0, 0.05) is 6.08 Å². The van der Waals surface area contributed by atoms with Crippen molar-refractivity contribution >= 4 is 17.1 Å². The third-order valence-electron chi connectivity index (χ3n) is 1.75. The molecule has 0 fully saturated rings. The van der Waals surface area contributed by atoms with Crippen LogP contribution in [-0.4, -0.2) is 15.1 Å². The summed E-state index contributed by atoms with van der Waals surface area (Å²) in [4.78, 5) is 7.34. The highest BCUT2D eigenvalue weighted by Gasteiger charge is 1.98. The van der Waals surface area contributed by atoms with Gasteiger partial charge in [0.1, 0.15) is 5.82 Å². The molecule has 2 aromatic rings. The maximum atomic E-state index is 9.03. The first-order valence-corrected chi connectivity index (χ1v) is 4.08. The van der Waals surface area contributed by atoms with Gasteiger partial charge in [0.25, 0.3) is 0 Å². The molecule has 0 saturated heterocycles. The number of aliphatic hydroxyl groups excluding tert-OH is 1. The second-order valence-corrected chi connectivity index (χ2v) is 2.92. The Labute approximate surface area is 75.7 Å². The van der Waals surface area contributed by atoms with E-state index in [0.717, 1.165) is 11.0 Å². The largest absolute Gasteiger partial charge is 0.512 e. The lowest BCUT2D eigenvalue weighted by atomic mass is 10.3. The Balaban J connectivity index is 2.56. The lowest BCUT2D eigenvalue weighted by Gasteiger charge is -1.84. The second kappa shape index (κ2) is 2.94. The average Bonchev–Trinajstić information content (AvgIpc) is 2.44. The van der Waals surface area contributed by atoms with Crippen molar-refractivity contribution < 1.29 is 5.11 Å². The molecule has 2 rings (SSSR count). The van der Waals surface area contributed by atoms with E-state index in [1.165, 1.54) is 0 Å². The molecule has 3 nitrogen and oxygen atoms in total. The third-order valence-corrected chi connectivity index (χ3v) is 1.75. The van der Waals surface area contributed by atoms with Gasteiger partial charge in [0.05, 0.1) is 16.8 Å². The number of rotatable bonds is 1. The number of hydrogen-bond acceptors (Lipinski definition) is 2. The Morgan fingerprint density at radius 1 is 1.46 bits per heavy atom. The fourth-order valence-electron chi connectivity index (χ4n) is 1.24. The summed E-state index contributed by atoms with van der Waals surface area (Å²) in [6.07, 6.45) is 1.60. The molecule has 3 heteroatoms. The number of imidazole rings is 1. The average molecular weight is 174 g/mol. The van der Waals surface area contributed by atoms with Crippen LogP contribution in [0.2, 0.25) is 0 Å². The number of H-pyrrole nitrogens is 1. The van der Waals surface area contributed by atoms with Crippen LogP contribution in [0.4, 0.5) is 0 Å². The van der Waals surface area contributed by atoms with Crippen LogP contribution in [0.3, 0.4) is 0 Å². The van der Waals surface area contributed by atoms with Crippen LogP contribution in [-0.2, 0) is 0 Å². The highest BCUT2D eigenvalue weighted by Crippen LogP contribution is 2.11. The van der Waals surface area contributed by atoms with Gasteiger partial charge < -0.3 is 10.1 Å². The summed E-state index contributed by atoms with van der Waals surface area (Å²) >= 11 is 0. The quantitative estimate of drug-likeness (QED) is 0.652. The van der Waals surface area contributed by atoms with Crippen LogP contribution in [0.1, 0.15) is 12.7 Å². The van der Waals surface area contributed by atoms with Crippen molar-refractivity contribution in [3.8, 4) is 0 Å². The first-order chi connectivity index (χ1) is 6.25. The molecule has 0 spiro atoms. The molecule has 66 valence electrons. The number of nitrogens with zero attached hydrogens (tertiary/aromatic N) is 1. The van der Waals surface area contributed by atoms with Gasteiger partial charge in [0.15, 0.2) is 0 Å². The smallest absolute Gasteiger partial charge is 0.134 e. The number of allylic oxidation sites excluding steroid dienone is 1. The number of benzene rings is 1. The maximum absolute atomic E-state index is 9.03. The molecule has 0 aliphatic heterocycles.